The standard InChI is InChI=1S/C16H15ClFNO2/c1-2-20-14-6-4-3-5-11(14)15-9-19-13-8-10(18)7-12(17)16(13)21-15/h3-8,15,19H,2,9H2,1H3. The van der Waals surface area contributed by atoms with Gasteiger partial charge in [-0.1, -0.05) is 29.8 Å². The predicted molar refractivity (Wildman–Crippen MR) is 80.9 cm³/mol. The zero-order valence-corrected chi connectivity index (χ0v) is 12.3. The normalized spacial score (nSPS) is 16.6. The summed E-state index contributed by atoms with van der Waals surface area (Å²) in [5.41, 5.74) is 1.52. The first-order valence-electron chi connectivity index (χ1n) is 6.80. The van der Waals surface area contributed by atoms with E-state index in [-0.39, 0.29) is 16.9 Å². The SMILES string of the molecule is CCOc1ccccc1C1CNc2cc(F)cc(Cl)c2O1. The van der Waals surface area contributed by atoms with Crippen molar-refractivity contribution in [1.29, 1.82) is 0 Å². The second kappa shape index (κ2) is 5.82. The molecule has 2 aromatic carbocycles. The maximum Gasteiger partial charge on any atom is 0.162 e. The fourth-order valence-corrected chi connectivity index (χ4v) is 2.66. The van der Waals surface area contributed by atoms with Crippen molar-refractivity contribution < 1.29 is 13.9 Å². The molecule has 1 N–H and O–H groups in total. The van der Waals surface area contributed by atoms with Gasteiger partial charge in [0.15, 0.2) is 5.75 Å². The van der Waals surface area contributed by atoms with Gasteiger partial charge >= 0.3 is 0 Å². The van der Waals surface area contributed by atoms with E-state index in [0.717, 1.165) is 11.3 Å². The quantitative estimate of drug-likeness (QED) is 0.910. The van der Waals surface area contributed by atoms with Crippen LogP contribution < -0.4 is 14.8 Å². The highest BCUT2D eigenvalue weighted by atomic mass is 35.5. The highest BCUT2D eigenvalue weighted by Crippen LogP contribution is 2.41. The molecule has 0 saturated heterocycles. The Morgan fingerprint density at radius 2 is 2.19 bits per heavy atom. The number of para-hydroxylation sites is 1. The smallest absolute Gasteiger partial charge is 0.162 e. The number of benzene rings is 2. The average molecular weight is 308 g/mol. The molecule has 0 saturated carbocycles. The number of nitrogens with one attached hydrogen (secondary N) is 1. The Balaban J connectivity index is 1.93. The summed E-state index contributed by atoms with van der Waals surface area (Å²) in [5.74, 6) is 0.872. The van der Waals surface area contributed by atoms with Crippen molar-refractivity contribution in [1.82, 2.24) is 0 Å². The molecule has 21 heavy (non-hydrogen) atoms. The molecule has 1 aliphatic heterocycles. The molecule has 1 heterocycles. The van der Waals surface area contributed by atoms with Crippen LogP contribution in [0.3, 0.4) is 0 Å². The van der Waals surface area contributed by atoms with Gasteiger partial charge in [0.25, 0.3) is 0 Å². The first-order valence-corrected chi connectivity index (χ1v) is 7.18. The first-order chi connectivity index (χ1) is 10.2. The number of halogens is 2. The third-order valence-corrected chi connectivity index (χ3v) is 3.59. The lowest BCUT2D eigenvalue weighted by molar-refractivity contribution is 0.203. The summed E-state index contributed by atoms with van der Waals surface area (Å²) in [5, 5.41) is 3.42. The van der Waals surface area contributed by atoms with Gasteiger partial charge in [-0.2, -0.15) is 0 Å². The largest absolute Gasteiger partial charge is 0.493 e. The predicted octanol–water partition coefficient (Wildman–Crippen LogP) is 4.42. The molecule has 0 spiro atoms. The zero-order chi connectivity index (χ0) is 14.8. The van der Waals surface area contributed by atoms with Gasteiger partial charge in [-0.05, 0) is 19.1 Å². The maximum atomic E-state index is 13.3. The number of rotatable bonds is 3. The third-order valence-electron chi connectivity index (χ3n) is 3.31. The van der Waals surface area contributed by atoms with Crippen LogP contribution in [0.15, 0.2) is 36.4 Å². The minimum Gasteiger partial charge on any atom is -0.493 e. The van der Waals surface area contributed by atoms with E-state index >= 15 is 0 Å². The van der Waals surface area contributed by atoms with Crippen molar-refractivity contribution >= 4 is 17.3 Å². The van der Waals surface area contributed by atoms with E-state index in [1.165, 1.54) is 12.1 Å². The van der Waals surface area contributed by atoms with E-state index in [2.05, 4.69) is 5.32 Å². The molecular formula is C16H15ClFNO2. The van der Waals surface area contributed by atoms with Gasteiger partial charge in [-0.25, -0.2) is 4.39 Å². The fourth-order valence-electron chi connectivity index (χ4n) is 2.40. The topological polar surface area (TPSA) is 30.5 Å². The number of hydrogen-bond donors (Lipinski definition) is 1. The average Bonchev–Trinajstić information content (AvgIpc) is 2.48. The Hall–Kier alpha value is -1.94. The summed E-state index contributed by atoms with van der Waals surface area (Å²) in [6, 6.07) is 10.3. The van der Waals surface area contributed by atoms with Crippen molar-refractivity contribution in [3.8, 4) is 11.5 Å². The van der Waals surface area contributed by atoms with E-state index < -0.39 is 0 Å². The molecule has 3 rings (SSSR count). The van der Waals surface area contributed by atoms with Gasteiger partial charge in [-0.3, -0.25) is 0 Å². The molecule has 0 aromatic heterocycles. The molecule has 1 unspecified atom stereocenters. The van der Waals surface area contributed by atoms with Gasteiger partial charge in [0.05, 0.1) is 23.9 Å². The Morgan fingerprint density at radius 1 is 1.38 bits per heavy atom. The van der Waals surface area contributed by atoms with E-state index in [1.807, 2.05) is 31.2 Å². The molecule has 0 radical (unpaired) electrons. The summed E-state index contributed by atoms with van der Waals surface area (Å²) in [6.07, 6.45) is -0.233. The summed E-state index contributed by atoms with van der Waals surface area (Å²) in [4.78, 5) is 0. The van der Waals surface area contributed by atoms with Crippen LogP contribution in [-0.4, -0.2) is 13.2 Å². The Kier molecular flexibility index (Phi) is 3.88. The van der Waals surface area contributed by atoms with Crippen LogP contribution in [0.1, 0.15) is 18.6 Å². The third kappa shape index (κ3) is 2.76. The van der Waals surface area contributed by atoms with Crippen molar-refractivity contribution in [2.75, 3.05) is 18.5 Å². The van der Waals surface area contributed by atoms with E-state index in [9.17, 15) is 4.39 Å². The van der Waals surface area contributed by atoms with Gasteiger partial charge in [0.2, 0.25) is 0 Å². The Labute approximate surface area is 127 Å². The van der Waals surface area contributed by atoms with E-state index in [4.69, 9.17) is 21.1 Å². The van der Waals surface area contributed by atoms with E-state index in [1.54, 1.807) is 0 Å². The highest BCUT2D eigenvalue weighted by molar-refractivity contribution is 6.32. The van der Waals surface area contributed by atoms with E-state index in [0.29, 0.717) is 24.6 Å². The highest BCUT2D eigenvalue weighted by Gasteiger charge is 2.25. The molecule has 1 atom stereocenters. The van der Waals surface area contributed by atoms with Crippen LogP contribution in [0.25, 0.3) is 0 Å². The molecule has 110 valence electrons. The Bertz CT molecular complexity index is 663. The summed E-state index contributed by atoms with van der Waals surface area (Å²) >= 11 is 6.06. The van der Waals surface area contributed by atoms with Crippen LogP contribution in [0.2, 0.25) is 5.02 Å². The van der Waals surface area contributed by atoms with Gasteiger partial charge in [0.1, 0.15) is 17.7 Å². The lowest BCUT2D eigenvalue weighted by Crippen LogP contribution is -2.24. The van der Waals surface area contributed by atoms with Gasteiger partial charge in [-0.15, -0.1) is 0 Å². The summed E-state index contributed by atoms with van der Waals surface area (Å²) in [6.45, 7) is 3.04. The molecule has 5 heteroatoms. The van der Waals surface area contributed by atoms with Crippen molar-refractivity contribution in [2.45, 2.75) is 13.0 Å². The van der Waals surface area contributed by atoms with Crippen LogP contribution in [-0.2, 0) is 0 Å². The van der Waals surface area contributed by atoms with Crippen LogP contribution in [0.5, 0.6) is 11.5 Å². The molecule has 2 aromatic rings. The molecule has 3 nitrogen and oxygen atoms in total. The summed E-state index contributed by atoms with van der Waals surface area (Å²) in [7, 11) is 0. The van der Waals surface area contributed by atoms with Gasteiger partial charge < -0.3 is 14.8 Å². The first kappa shape index (κ1) is 14.0. The minimum absolute atomic E-state index is 0.233. The zero-order valence-electron chi connectivity index (χ0n) is 11.5. The van der Waals surface area contributed by atoms with Crippen molar-refractivity contribution in [3.63, 3.8) is 0 Å². The maximum absolute atomic E-state index is 13.3. The second-order valence-electron chi connectivity index (χ2n) is 4.72. The lowest BCUT2D eigenvalue weighted by Gasteiger charge is -2.29. The summed E-state index contributed by atoms with van der Waals surface area (Å²) < 4.78 is 24.9. The molecule has 1 aliphatic rings. The van der Waals surface area contributed by atoms with Crippen LogP contribution >= 0.6 is 11.6 Å². The fraction of sp³-hybridized carbons (Fsp3) is 0.250. The molecular weight excluding hydrogens is 293 g/mol. The van der Waals surface area contributed by atoms with Crippen molar-refractivity contribution in [3.05, 3.63) is 52.8 Å². The number of fused-ring (bicyclic) bond motifs is 1. The second-order valence-corrected chi connectivity index (χ2v) is 5.13. The minimum atomic E-state index is -0.386. The number of ether oxygens (including phenoxy) is 2. The molecule has 0 fully saturated rings. The van der Waals surface area contributed by atoms with Crippen LogP contribution in [0.4, 0.5) is 10.1 Å². The van der Waals surface area contributed by atoms with Crippen LogP contribution in [0, 0.1) is 5.82 Å². The molecule has 0 bridgehead atoms. The molecule has 0 amide bonds. The number of hydrogen-bond acceptors (Lipinski definition) is 3. The van der Waals surface area contributed by atoms with Crippen molar-refractivity contribution in [2.24, 2.45) is 0 Å². The Morgan fingerprint density at radius 3 is 3.00 bits per heavy atom. The van der Waals surface area contributed by atoms with Gasteiger partial charge in [0, 0.05) is 11.6 Å². The number of anilines is 1. The monoisotopic (exact) mass is 307 g/mol. The molecule has 0 aliphatic carbocycles. The lowest BCUT2D eigenvalue weighted by atomic mass is 10.1.